The van der Waals surface area contributed by atoms with Crippen LogP contribution in [-0.4, -0.2) is 56.1 Å². The third-order valence-corrected chi connectivity index (χ3v) is 4.31. The fourth-order valence-corrected chi connectivity index (χ4v) is 2.82. The molecule has 0 atom stereocenters. The second-order valence-electron chi connectivity index (χ2n) is 3.24. The Morgan fingerprint density at radius 2 is 1.77 bits per heavy atom. The minimum Gasteiger partial charge on any atom is -0.300 e. The van der Waals surface area contributed by atoms with Crippen molar-refractivity contribution in [3.8, 4) is 0 Å². The molecule has 13 heavy (non-hydrogen) atoms. The summed E-state index contributed by atoms with van der Waals surface area (Å²) in [6, 6.07) is 0. The van der Waals surface area contributed by atoms with Gasteiger partial charge in [0.05, 0.1) is 5.75 Å². The second kappa shape index (κ2) is 4.39. The summed E-state index contributed by atoms with van der Waals surface area (Å²) in [5.41, 5.74) is 0. The Morgan fingerprint density at radius 3 is 2.15 bits per heavy atom. The van der Waals surface area contributed by atoms with Crippen LogP contribution in [0.5, 0.6) is 0 Å². The molecular formula is C8H18N2O2S. The number of hydrogen-bond donors (Lipinski definition) is 0. The van der Waals surface area contributed by atoms with Gasteiger partial charge in [0.1, 0.15) is 0 Å². The first-order valence-electron chi connectivity index (χ1n) is 4.80. The lowest BCUT2D eigenvalue weighted by Crippen LogP contribution is -2.34. The average Bonchev–Trinajstić information content (AvgIpc) is 2.85. The third-order valence-electron chi connectivity index (χ3n) is 2.30. The van der Waals surface area contributed by atoms with Gasteiger partial charge in [0.2, 0.25) is 10.0 Å². The molecule has 1 fully saturated rings. The molecule has 0 unspecified atom stereocenters. The zero-order chi connectivity index (χ0) is 9.90. The number of sulfonamides is 1. The van der Waals surface area contributed by atoms with Gasteiger partial charge in [-0.05, 0) is 0 Å². The van der Waals surface area contributed by atoms with Crippen LogP contribution >= 0.6 is 0 Å². The van der Waals surface area contributed by atoms with Crippen LogP contribution in [-0.2, 0) is 10.0 Å². The monoisotopic (exact) mass is 206 g/mol. The molecule has 0 bridgehead atoms. The van der Waals surface area contributed by atoms with Crippen LogP contribution < -0.4 is 0 Å². The Bertz CT molecular complexity index is 243. The van der Waals surface area contributed by atoms with Gasteiger partial charge in [0, 0.05) is 32.7 Å². The first-order valence-corrected chi connectivity index (χ1v) is 6.41. The van der Waals surface area contributed by atoms with E-state index in [0.717, 1.165) is 13.1 Å². The lowest BCUT2D eigenvalue weighted by atomic mass is 10.7. The molecule has 0 radical (unpaired) electrons. The molecule has 4 nitrogen and oxygen atoms in total. The molecule has 1 aliphatic heterocycles. The zero-order valence-corrected chi connectivity index (χ0v) is 9.18. The summed E-state index contributed by atoms with van der Waals surface area (Å²) in [5.74, 6) is 0.272. The van der Waals surface area contributed by atoms with Crippen molar-refractivity contribution in [2.75, 3.05) is 38.5 Å². The van der Waals surface area contributed by atoms with Crippen molar-refractivity contribution in [1.29, 1.82) is 0 Å². The fraction of sp³-hybridized carbons (Fsp3) is 1.00. The van der Waals surface area contributed by atoms with Crippen molar-refractivity contribution >= 4 is 10.0 Å². The van der Waals surface area contributed by atoms with Gasteiger partial charge >= 0.3 is 0 Å². The van der Waals surface area contributed by atoms with Gasteiger partial charge in [-0.1, -0.05) is 13.8 Å². The minimum atomic E-state index is -2.99. The van der Waals surface area contributed by atoms with Crippen molar-refractivity contribution in [3.63, 3.8) is 0 Å². The van der Waals surface area contributed by atoms with Gasteiger partial charge in [0.25, 0.3) is 0 Å². The van der Waals surface area contributed by atoms with E-state index in [1.165, 1.54) is 4.31 Å². The van der Waals surface area contributed by atoms with E-state index in [0.29, 0.717) is 19.6 Å². The van der Waals surface area contributed by atoms with Crippen molar-refractivity contribution in [2.24, 2.45) is 0 Å². The molecule has 0 aromatic rings. The summed E-state index contributed by atoms with van der Waals surface area (Å²) in [4.78, 5) is 2.13. The van der Waals surface area contributed by atoms with E-state index in [2.05, 4.69) is 4.90 Å². The minimum absolute atomic E-state index is 0.272. The number of nitrogens with zero attached hydrogens (tertiary/aromatic N) is 2. The van der Waals surface area contributed by atoms with E-state index in [4.69, 9.17) is 0 Å². The van der Waals surface area contributed by atoms with E-state index in [-0.39, 0.29) is 5.75 Å². The molecule has 1 heterocycles. The molecule has 0 aromatic carbocycles. The Hall–Kier alpha value is -0.130. The van der Waals surface area contributed by atoms with Gasteiger partial charge in [-0.3, -0.25) is 4.90 Å². The maximum atomic E-state index is 11.6. The second-order valence-corrected chi connectivity index (χ2v) is 5.33. The molecule has 5 heteroatoms. The SMILES string of the molecule is CCN(CC)S(=O)(=O)CCN1CC1. The lowest BCUT2D eigenvalue weighted by molar-refractivity contribution is 0.440. The molecule has 1 saturated heterocycles. The van der Waals surface area contributed by atoms with Crippen LogP contribution in [0.4, 0.5) is 0 Å². The van der Waals surface area contributed by atoms with Gasteiger partial charge in [-0.15, -0.1) is 0 Å². The Morgan fingerprint density at radius 1 is 1.23 bits per heavy atom. The van der Waals surface area contributed by atoms with E-state index in [1.54, 1.807) is 0 Å². The number of hydrogen-bond acceptors (Lipinski definition) is 3. The maximum absolute atomic E-state index is 11.6. The van der Waals surface area contributed by atoms with Gasteiger partial charge < -0.3 is 0 Å². The summed E-state index contributed by atoms with van der Waals surface area (Å²) in [6.45, 7) is 7.73. The summed E-state index contributed by atoms with van der Waals surface area (Å²) >= 11 is 0. The normalized spacial score (nSPS) is 18.1. The molecule has 0 aromatic heterocycles. The summed E-state index contributed by atoms with van der Waals surface area (Å²) in [6.07, 6.45) is 0. The fourth-order valence-electron chi connectivity index (χ4n) is 1.28. The van der Waals surface area contributed by atoms with Crippen LogP contribution in [0.2, 0.25) is 0 Å². The van der Waals surface area contributed by atoms with Crippen molar-refractivity contribution in [2.45, 2.75) is 13.8 Å². The van der Waals surface area contributed by atoms with E-state index in [9.17, 15) is 8.42 Å². The standard InChI is InChI=1S/C8H18N2O2S/c1-3-10(4-2)13(11,12)8-7-9-5-6-9/h3-8H2,1-2H3. The van der Waals surface area contributed by atoms with Crippen LogP contribution in [0.15, 0.2) is 0 Å². The summed E-state index contributed by atoms with van der Waals surface area (Å²) in [7, 11) is -2.99. The van der Waals surface area contributed by atoms with Crippen LogP contribution in [0.25, 0.3) is 0 Å². The Kier molecular flexibility index (Phi) is 3.70. The largest absolute Gasteiger partial charge is 0.300 e. The van der Waals surface area contributed by atoms with E-state index >= 15 is 0 Å². The molecule has 0 amide bonds. The molecule has 78 valence electrons. The quantitative estimate of drug-likeness (QED) is 0.573. The molecule has 1 rings (SSSR count). The molecule has 1 aliphatic rings. The molecule has 0 saturated carbocycles. The van der Waals surface area contributed by atoms with Gasteiger partial charge in [-0.2, -0.15) is 0 Å². The van der Waals surface area contributed by atoms with Gasteiger partial charge in [-0.25, -0.2) is 12.7 Å². The third kappa shape index (κ3) is 3.25. The highest BCUT2D eigenvalue weighted by Crippen LogP contribution is 2.06. The lowest BCUT2D eigenvalue weighted by Gasteiger charge is -2.18. The van der Waals surface area contributed by atoms with E-state index < -0.39 is 10.0 Å². The predicted molar refractivity (Wildman–Crippen MR) is 53.1 cm³/mol. The molecular weight excluding hydrogens is 188 g/mol. The van der Waals surface area contributed by atoms with Crippen molar-refractivity contribution in [1.82, 2.24) is 9.21 Å². The Balaban J connectivity index is 2.41. The van der Waals surface area contributed by atoms with E-state index in [1.807, 2.05) is 13.8 Å². The predicted octanol–water partition coefficient (Wildman–Crippen LogP) is -0.0264. The van der Waals surface area contributed by atoms with Crippen LogP contribution in [0, 0.1) is 0 Å². The molecule has 0 N–H and O–H groups in total. The van der Waals surface area contributed by atoms with Crippen LogP contribution in [0.3, 0.4) is 0 Å². The Labute approximate surface area is 80.6 Å². The number of rotatable bonds is 6. The van der Waals surface area contributed by atoms with Gasteiger partial charge in [0.15, 0.2) is 0 Å². The highest BCUT2D eigenvalue weighted by Gasteiger charge is 2.23. The first-order chi connectivity index (χ1) is 6.10. The first kappa shape index (κ1) is 10.9. The van der Waals surface area contributed by atoms with Crippen molar-refractivity contribution in [3.05, 3.63) is 0 Å². The topological polar surface area (TPSA) is 40.4 Å². The maximum Gasteiger partial charge on any atom is 0.215 e. The molecule has 0 spiro atoms. The highest BCUT2D eigenvalue weighted by atomic mass is 32.2. The highest BCUT2D eigenvalue weighted by molar-refractivity contribution is 7.89. The molecule has 0 aliphatic carbocycles. The average molecular weight is 206 g/mol. The smallest absolute Gasteiger partial charge is 0.215 e. The summed E-state index contributed by atoms with van der Waals surface area (Å²) < 4.78 is 24.8. The van der Waals surface area contributed by atoms with Crippen LogP contribution in [0.1, 0.15) is 13.8 Å². The zero-order valence-electron chi connectivity index (χ0n) is 8.36. The summed E-state index contributed by atoms with van der Waals surface area (Å²) in [5, 5.41) is 0. The van der Waals surface area contributed by atoms with Crippen molar-refractivity contribution < 1.29 is 8.42 Å².